The molecule has 0 fully saturated rings. The molecule has 0 aliphatic carbocycles. The molecular formula is C14H11NO4. The van der Waals surface area contributed by atoms with Crippen LogP contribution >= 0.6 is 0 Å². The van der Waals surface area contributed by atoms with E-state index in [0.29, 0.717) is 5.56 Å². The molecule has 0 amide bonds. The lowest BCUT2D eigenvalue weighted by Gasteiger charge is -2.06. The van der Waals surface area contributed by atoms with Gasteiger partial charge in [-0.25, -0.2) is 0 Å². The maximum atomic E-state index is 11.0. The van der Waals surface area contributed by atoms with E-state index < -0.39 is 10.9 Å². The second-order valence-corrected chi connectivity index (χ2v) is 3.93. The van der Waals surface area contributed by atoms with Crippen molar-refractivity contribution >= 4 is 11.7 Å². The summed E-state index contributed by atoms with van der Waals surface area (Å²) in [6.45, 7) is 1.25. The van der Waals surface area contributed by atoms with Crippen molar-refractivity contribution in [3.63, 3.8) is 0 Å². The number of carbonyl (C=O) groups excluding carboxylic acids is 1. The molecule has 0 saturated heterocycles. The molecule has 2 aromatic carbocycles. The van der Waals surface area contributed by atoms with Crippen LogP contribution < -0.4 is 4.74 Å². The highest BCUT2D eigenvalue weighted by molar-refractivity contribution is 5.73. The Bertz CT molecular complexity index is 623. The summed E-state index contributed by atoms with van der Waals surface area (Å²) < 4.78 is 4.92. The Kier molecular flexibility index (Phi) is 3.56. The van der Waals surface area contributed by atoms with Crippen molar-refractivity contribution in [2.24, 2.45) is 0 Å². The third kappa shape index (κ3) is 3.16. The lowest BCUT2D eigenvalue weighted by Crippen LogP contribution is -2.02. The van der Waals surface area contributed by atoms with E-state index in [1.807, 2.05) is 30.3 Å². The number of rotatable bonds is 3. The van der Waals surface area contributed by atoms with Crippen LogP contribution in [0, 0.1) is 10.1 Å². The number of benzene rings is 2. The largest absolute Gasteiger partial charge is 0.426 e. The van der Waals surface area contributed by atoms with Crippen molar-refractivity contribution in [2.75, 3.05) is 0 Å². The molecule has 5 heteroatoms. The van der Waals surface area contributed by atoms with Gasteiger partial charge in [0.05, 0.1) is 11.0 Å². The molecule has 0 atom stereocenters. The van der Waals surface area contributed by atoms with Crippen molar-refractivity contribution < 1.29 is 14.5 Å². The van der Waals surface area contributed by atoms with Crippen LogP contribution in [-0.2, 0) is 4.79 Å². The van der Waals surface area contributed by atoms with Gasteiger partial charge in [-0.2, -0.15) is 0 Å². The first-order valence-electron chi connectivity index (χ1n) is 5.59. The number of nitro groups is 1. The van der Waals surface area contributed by atoms with Gasteiger partial charge in [-0.3, -0.25) is 14.9 Å². The molecule has 0 radical (unpaired) electrons. The first-order valence-corrected chi connectivity index (χ1v) is 5.59. The summed E-state index contributed by atoms with van der Waals surface area (Å²) in [7, 11) is 0. The predicted molar refractivity (Wildman–Crippen MR) is 69.8 cm³/mol. The molecule has 0 unspecified atom stereocenters. The summed E-state index contributed by atoms with van der Waals surface area (Å²) in [6, 6.07) is 13.5. The zero-order valence-corrected chi connectivity index (χ0v) is 10.2. The normalized spacial score (nSPS) is 9.95. The van der Waals surface area contributed by atoms with Gasteiger partial charge < -0.3 is 4.74 Å². The minimum Gasteiger partial charge on any atom is -0.426 e. The Hall–Kier alpha value is -2.69. The van der Waals surface area contributed by atoms with Crippen LogP contribution in [0.1, 0.15) is 6.92 Å². The van der Waals surface area contributed by atoms with E-state index in [4.69, 9.17) is 4.74 Å². The third-order valence-electron chi connectivity index (χ3n) is 2.47. The molecule has 0 bridgehead atoms. The number of hydrogen-bond acceptors (Lipinski definition) is 4. The Morgan fingerprint density at radius 3 is 2.37 bits per heavy atom. The standard InChI is InChI=1S/C14H11NO4/c1-10(16)19-14-8-12(7-13(9-14)15(17)18)11-5-3-2-4-6-11/h2-9H,1H3. The minimum atomic E-state index is -0.514. The van der Waals surface area contributed by atoms with Crippen LogP contribution in [0.5, 0.6) is 5.75 Å². The molecule has 96 valence electrons. The van der Waals surface area contributed by atoms with E-state index >= 15 is 0 Å². The van der Waals surface area contributed by atoms with Crippen molar-refractivity contribution in [1.29, 1.82) is 0 Å². The van der Waals surface area contributed by atoms with Crippen LogP contribution in [0.4, 0.5) is 5.69 Å². The number of nitrogens with zero attached hydrogens (tertiary/aromatic N) is 1. The summed E-state index contributed by atoms with van der Waals surface area (Å²) in [5.41, 5.74) is 1.34. The molecule has 0 aromatic heterocycles. The van der Waals surface area contributed by atoms with E-state index in [1.165, 1.54) is 19.1 Å². The molecule has 2 aromatic rings. The van der Waals surface area contributed by atoms with Gasteiger partial charge in [0.15, 0.2) is 0 Å². The molecule has 2 rings (SSSR count). The number of esters is 1. The highest BCUT2D eigenvalue weighted by Crippen LogP contribution is 2.29. The molecule has 0 N–H and O–H groups in total. The first-order chi connectivity index (χ1) is 9.06. The molecule has 0 aliphatic heterocycles. The van der Waals surface area contributed by atoms with Crippen LogP contribution in [-0.4, -0.2) is 10.9 Å². The minimum absolute atomic E-state index is 0.113. The van der Waals surface area contributed by atoms with E-state index in [9.17, 15) is 14.9 Å². The number of non-ortho nitro benzene ring substituents is 1. The van der Waals surface area contributed by atoms with E-state index in [1.54, 1.807) is 6.07 Å². The number of carbonyl (C=O) groups is 1. The summed E-state index contributed by atoms with van der Waals surface area (Å²) in [5.74, 6) is -0.347. The SMILES string of the molecule is CC(=O)Oc1cc(-c2ccccc2)cc([N+](=O)[O-])c1. The fraction of sp³-hybridized carbons (Fsp3) is 0.0714. The van der Waals surface area contributed by atoms with Crippen molar-refractivity contribution in [1.82, 2.24) is 0 Å². The zero-order valence-electron chi connectivity index (χ0n) is 10.2. The Balaban J connectivity index is 2.51. The summed E-state index contributed by atoms with van der Waals surface area (Å²) in [5, 5.41) is 10.9. The van der Waals surface area contributed by atoms with Crippen LogP contribution in [0.3, 0.4) is 0 Å². The zero-order chi connectivity index (χ0) is 13.8. The van der Waals surface area contributed by atoms with Crippen LogP contribution in [0.25, 0.3) is 11.1 Å². The smallest absolute Gasteiger partial charge is 0.308 e. The van der Waals surface area contributed by atoms with Gasteiger partial charge in [0.1, 0.15) is 5.75 Å². The van der Waals surface area contributed by atoms with E-state index in [2.05, 4.69) is 0 Å². The third-order valence-corrected chi connectivity index (χ3v) is 2.47. The molecule has 0 heterocycles. The van der Waals surface area contributed by atoms with Crippen molar-refractivity contribution in [3.05, 3.63) is 58.6 Å². The second kappa shape index (κ2) is 5.30. The molecular weight excluding hydrogens is 246 g/mol. The predicted octanol–water partition coefficient (Wildman–Crippen LogP) is 3.19. The quantitative estimate of drug-likeness (QED) is 0.366. The summed E-state index contributed by atoms with van der Waals surface area (Å²) in [4.78, 5) is 21.3. The van der Waals surface area contributed by atoms with Crippen molar-refractivity contribution in [2.45, 2.75) is 6.92 Å². The maximum Gasteiger partial charge on any atom is 0.308 e. The number of hydrogen-bond donors (Lipinski definition) is 0. The summed E-state index contributed by atoms with van der Waals surface area (Å²) in [6.07, 6.45) is 0. The van der Waals surface area contributed by atoms with E-state index in [-0.39, 0.29) is 11.4 Å². The van der Waals surface area contributed by atoms with Gasteiger partial charge in [-0.1, -0.05) is 30.3 Å². The highest BCUT2D eigenvalue weighted by atomic mass is 16.6. The average molecular weight is 257 g/mol. The van der Waals surface area contributed by atoms with Gasteiger partial charge in [-0.05, 0) is 17.2 Å². The lowest BCUT2D eigenvalue weighted by molar-refractivity contribution is -0.384. The Morgan fingerprint density at radius 1 is 1.11 bits per heavy atom. The lowest BCUT2D eigenvalue weighted by atomic mass is 10.0. The fourth-order valence-corrected chi connectivity index (χ4v) is 1.71. The van der Waals surface area contributed by atoms with Gasteiger partial charge in [0.2, 0.25) is 0 Å². The van der Waals surface area contributed by atoms with Crippen LogP contribution in [0.2, 0.25) is 0 Å². The summed E-state index contributed by atoms with van der Waals surface area (Å²) >= 11 is 0. The molecule has 19 heavy (non-hydrogen) atoms. The van der Waals surface area contributed by atoms with Crippen LogP contribution in [0.15, 0.2) is 48.5 Å². The highest BCUT2D eigenvalue weighted by Gasteiger charge is 2.12. The molecule has 5 nitrogen and oxygen atoms in total. The van der Waals surface area contributed by atoms with Gasteiger partial charge in [-0.15, -0.1) is 0 Å². The van der Waals surface area contributed by atoms with Gasteiger partial charge >= 0.3 is 5.97 Å². The molecule has 0 aliphatic rings. The number of ether oxygens (including phenoxy) is 1. The second-order valence-electron chi connectivity index (χ2n) is 3.93. The Morgan fingerprint density at radius 2 is 1.79 bits per heavy atom. The van der Waals surface area contributed by atoms with E-state index in [0.717, 1.165) is 5.56 Å². The van der Waals surface area contributed by atoms with Crippen molar-refractivity contribution in [3.8, 4) is 16.9 Å². The average Bonchev–Trinajstić information content (AvgIpc) is 2.38. The fourth-order valence-electron chi connectivity index (χ4n) is 1.71. The molecule has 0 spiro atoms. The monoisotopic (exact) mass is 257 g/mol. The molecule has 0 saturated carbocycles. The first kappa shape index (κ1) is 12.8. The van der Waals surface area contributed by atoms with Gasteiger partial charge in [0.25, 0.3) is 5.69 Å². The van der Waals surface area contributed by atoms with Gasteiger partial charge in [0, 0.05) is 13.0 Å². The maximum absolute atomic E-state index is 11.0. The topological polar surface area (TPSA) is 69.4 Å². The number of nitro benzene ring substituents is 1. The Labute approximate surface area is 109 Å².